The molecule has 0 radical (unpaired) electrons. The fourth-order valence-electron chi connectivity index (χ4n) is 2.58. The van der Waals surface area contributed by atoms with Crippen molar-refractivity contribution < 1.29 is 20.1 Å². The molecule has 1 amide bonds. The molecular weight excluding hydrogens is 334 g/mol. The third-order valence-corrected chi connectivity index (χ3v) is 3.87. The van der Waals surface area contributed by atoms with E-state index in [2.05, 4.69) is 15.5 Å². The Morgan fingerprint density at radius 2 is 1.92 bits per heavy atom. The molecule has 0 unspecified atom stereocenters. The van der Waals surface area contributed by atoms with Gasteiger partial charge in [-0.3, -0.25) is 9.78 Å². The normalized spacial score (nSPS) is 11.1. The fraction of sp³-hybridized carbons (Fsp3) is 0.105. The summed E-state index contributed by atoms with van der Waals surface area (Å²) >= 11 is 0. The topological polar surface area (TPSA) is 115 Å². The molecule has 0 atom stereocenters. The van der Waals surface area contributed by atoms with Gasteiger partial charge in [0, 0.05) is 29.3 Å². The quantitative estimate of drug-likeness (QED) is 0.328. The van der Waals surface area contributed by atoms with Gasteiger partial charge in [0.25, 0.3) is 5.91 Å². The lowest BCUT2D eigenvalue weighted by Crippen LogP contribution is -2.18. The summed E-state index contributed by atoms with van der Waals surface area (Å²) in [6, 6.07) is 11.8. The molecule has 3 rings (SSSR count). The number of amides is 1. The summed E-state index contributed by atoms with van der Waals surface area (Å²) in [5.41, 5.74) is 4.73. The molecule has 1 aromatic heterocycles. The maximum atomic E-state index is 12.4. The summed E-state index contributed by atoms with van der Waals surface area (Å²) in [7, 11) is 0. The zero-order valence-electron chi connectivity index (χ0n) is 14.0. The van der Waals surface area contributed by atoms with E-state index in [0.717, 1.165) is 16.6 Å². The van der Waals surface area contributed by atoms with Crippen LogP contribution in [0.15, 0.2) is 47.6 Å². The monoisotopic (exact) mass is 351 g/mol. The average molecular weight is 351 g/mol. The van der Waals surface area contributed by atoms with Gasteiger partial charge in [-0.15, -0.1) is 0 Å². The van der Waals surface area contributed by atoms with Crippen LogP contribution in [-0.4, -0.2) is 32.4 Å². The van der Waals surface area contributed by atoms with Crippen LogP contribution in [0.3, 0.4) is 0 Å². The Kier molecular flexibility index (Phi) is 4.70. The molecule has 0 aliphatic heterocycles. The number of aryl methyl sites for hydroxylation is 1. The van der Waals surface area contributed by atoms with Crippen LogP contribution in [0.1, 0.15) is 21.6 Å². The number of hydrazone groups is 1. The standard InChI is InChI=1S/C19H17N3O4/c1-11-10-14(13-4-2-3-5-15(13)21-11)19(26)22-20-9-8-12-6-7-16(23)18(25)17(12)24/h2-7,9-10,23-25H,8H2,1H3,(H,22,26)/b20-9+. The molecule has 1 heterocycles. The van der Waals surface area contributed by atoms with Crippen LogP contribution >= 0.6 is 0 Å². The van der Waals surface area contributed by atoms with Crippen molar-refractivity contribution in [2.24, 2.45) is 5.10 Å². The molecule has 7 nitrogen and oxygen atoms in total. The smallest absolute Gasteiger partial charge is 0.272 e. The number of hydrogen-bond acceptors (Lipinski definition) is 6. The van der Waals surface area contributed by atoms with Crippen LogP contribution in [0.4, 0.5) is 0 Å². The first-order chi connectivity index (χ1) is 12.5. The van der Waals surface area contributed by atoms with Crippen LogP contribution in [0.25, 0.3) is 10.9 Å². The number of benzene rings is 2. The maximum absolute atomic E-state index is 12.4. The number of aromatic hydroxyl groups is 3. The van der Waals surface area contributed by atoms with Crippen LogP contribution in [-0.2, 0) is 6.42 Å². The first-order valence-electron chi connectivity index (χ1n) is 7.88. The Morgan fingerprint density at radius 3 is 2.73 bits per heavy atom. The van der Waals surface area contributed by atoms with Gasteiger partial charge in [0.1, 0.15) is 0 Å². The number of aromatic nitrogens is 1. The molecule has 0 aliphatic carbocycles. The van der Waals surface area contributed by atoms with E-state index in [-0.39, 0.29) is 12.3 Å². The number of pyridine rings is 1. The van der Waals surface area contributed by atoms with Crippen molar-refractivity contribution >= 4 is 23.0 Å². The first-order valence-corrected chi connectivity index (χ1v) is 7.88. The zero-order chi connectivity index (χ0) is 18.7. The highest BCUT2D eigenvalue weighted by atomic mass is 16.3. The van der Waals surface area contributed by atoms with E-state index in [1.807, 2.05) is 31.2 Å². The summed E-state index contributed by atoms with van der Waals surface area (Å²) in [5.74, 6) is -1.78. The van der Waals surface area contributed by atoms with Crippen molar-refractivity contribution in [3.63, 3.8) is 0 Å². The molecule has 4 N–H and O–H groups in total. The van der Waals surface area contributed by atoms with Crippen molar-refractivity contribution in [3.8, 4) is 17.2 Å². The number of phenolic OH excluding ortho intramolecular Hbond substituents is 3. The molecule has 2 aromatic carbocycles. The number of carbonyl (C=O) groups is 1. The Labute approximate surface area is 149 Å². The van der Waals surface area contributed by atoms with Gasteiger partial charge >= 0.3 is 0 Å². The van der Waals surface area contributed by atoms with Gasteiger partial charge in [0.15, 0.2) is 11.5 Å². The summed E-state index contributed by atoms with van der Waals surface area (Å²) in [6.45, 7) is 1.81. The minimum atomic E-state index is -0.585. The van der Waals surface area contributed by atoms with Gasteiger partial charge in [0.05, 0.1) is 11.1 Å². The highest BCUT2D eigenvalue weighted by Crippen LogP contribution is 2.36. The minimum absolute atomic E-state index is 0.163. The van der Waals surface area contributed by atoms with Gasteiger partial charge in [0.2, 0.25) is 5.75 Å². The third-order valence-electron chi connectivity index (χ3n) is 3.87. The molecule has 0 fully saturated rings. The van der Waals surface area contributed by atoms with Gasteiger partial charge in [-0.1, -0.05) is 24.3 Å². The highest BCUT2D eigenvalue weighted by Gasteiger charge is 2.12. The highest BCUT2D eigenvalue weighted by molar-refractivity contribution is 6.06. The van der Waals surface area contributed by atoms with E-state index in [0.29, 0.717) is 11.1 Å². The number of phenols is 3. The van der Waals surface area contributed by atoms with E-state index in [1.165, 1.54) is 18.3 Å². The Balaban J connectivity index is 1.74. The van der Waals surface area contributed by atoms with Crippen LogP contribution in [0.5, 0.6) is 17.2 Å². The number of fused-ring (bicyclic) bond motifs is 1. The van der Waals surface area contributed by atoms with Crippen LogP contribution in [0, 0.1) is 6.92 Å². The van der Waals surface area contributed by atoms with Gasteiger partial charge < -0.3 is 15.3 Å². The molecule has 132 valence electrons. The van der Waals surface area contributed by atoms with Crippen molar-refractivity contribution in [2.45, 2.75) is 13.3 Å². The van der Waals surface area contributed by atoms with E-state index in [1.54, 1.807) is 6.07 Å². The largest absolute Gasteiger partial charge is 0.504 e. The van der Waals surface area contributed by atoms with Crippen LogP contribution < -0.4 is 5.43 Å². The Bertz CT molecular complexity index is 1020. The summed E-state index contributed by atoms with van der Waals surface area (Å²) < 4.78 is 0. The molecule has 3 aromatic rings. The summed E-state index contributed by atoms with van der Waals surface area (Å²) in [5, 5.41) is 33.1. The molecule has 0 aliphatic rings. The van der Waals surface area contributed by atoms with E-state index >= 15 is 0 Å². The lowest BCUT2D eigenvalue weighted by molar-refractivity contribution is 0.0956. The lowest BCUT2D eigenvalue weighted by atomic mass is 10.1. The Hall–Kier alpha value is -3.61. The third kappa shape index (κ3) is 3.41. The van der Waals surface area contributed by atoms with Gasteiger partial charge in [-0.25, -0.2) is 5.43 Å². The molecule has 0 bridgehead atoms. The zero-order valence-corrected chi connectivity index (χ0v) is 14.0. The van der Waals surface area contributed by atoms with Crippen molar-refractivity contribution in [2.75, 3.05) is 0 Å². The lowest BCUT2D eigenvalue weighted by Gasteiger charge is -2.07. The molecule has 0 saturated heterocycles. The molecule has 0 saturated carbocycles. The number of para-hydroxylation sites is 1. The number of nitrogens with one attached hydrogen (secondary N) is 1. The minimum Gasteiger partial charge on any atom is -0.504 e. The second-order valence-electron chi connectivity index (χ2n) is 5.73. The Morgan fingerprint density at radius 1 is 1.15 bits per heavy atom. The SMILES string of the molecule is Cc1cc(C(=O)N/N=C/Cc2ccc(O)c(O)c2O)c2ccccc2n1. The second kappa shape index (κ2) is 7.10. The van der Waals surface area contributed by atoms with Gasteiger partial charge in [-0.05, 0) is 25.1 Å². The van der Waals surface area contributed by atoms with Gasteiger partial charge in [-0.2, -0.15) is 5.10 Å². The molecular formula is C19H17N3O4. The van der Waals surface area contributed by atoms with E-state index in [4.69, 9.17) is 0 Å². The predicted octanol–water partition coefficient (Wildman–Crippen LogP) is 2.62. The van der Waals surface area contributed by atoms with Crippen molar-refractivity contribution in [3.05, 3.63) is 59.3 Å². The molecule has 0 spiro atoms. The molecule has 7 heteroatoms. The van der Waals surface area contributed by atoms with Crippen molar-refractivity contribution in [1.29, 1.82) is 0 Å². The van der Waals surface area contributed by atoms with Crippen LogP contribution in [0.2, 0.25) is 0 Å². The number of rotatable bonds is 4. The van der Waals surface area contributed by atoms with E-state index < -0.39 is 17.2 Å². The van der Waals surface area contributed by atoms with E-state index in [9.17, 15) is 20.1 Å². The predicted molar refractivity (Wildman–Crippen MR) is 97.6 cm³/mol. The number of hydrogen-bond donors (Lipinski definition) is 4. The van der Waals surface area contributed by atoms with Crippen molar-refractivity contribution in [1.82, 2.24) is 10.4 Å². The fourth-order valence-corrected chi connectivity index (χ4v) is 2.58. The second-order valence-corrected chi connectivity index (χ2v) is 5.73. The number of carbonyl (C=O) groups excluding carboxylic acids is 1. The number of nitrogens with zero attached hydrogens (tertiary/aromatic N) is 2. The summed E-state index contributed by atoms with van der Waals surface area (Å²) in [4.78, 5) is 16.8. The maximum Gasteiger partial charge on any atom is 0.272 e. The first kappa shape index (κ1) is 17.2. The average Bonchev–Trinajstić information content (AvgIpc) is 2.64. The summed E-state index contributed by atoms with van der Waals surface area (Å²) in [6.07, 6.45) is 1.55. The molecule has 26 heavy (non-hydrogen) atoms.